The number of hydrogen-bond donors (Lipinski definition) is 1. The smallest absolute Gasteiger partial charge is 0.151 e. The highest BCUT2D eigenvalue weighted by molar-refractivity contribution is 5.64. The lowest BCUT2D eigenvalue weighted by atomic mass is 10.2. The molecule has 5 nitrogen and oxygen atoms in total. The molecule has 0 amide bonds. The number of anilines is 2. The van der Waals surface area contributed by atoms with Crippen LogP contribution < -0.4 is 10.6 Å². The Morgan fingerprint density at radius 1 is 1.62 bits per heavy atom. The van der Waals surface area contributed by atoms with Gasteiger partial charge in [-0.3, -0.25) is 0 Å². The van der Waals surface area contributed by atoms with E-state index < -0.39 is 0 Å². The average molecular weight is 220 g/mol. The average Bonchev–Trinajstić information content (AvgIpc) is 2.29. The first-order valence-corrected chi connectivity index (χ1v) is 5.13. The van der Waals surface area contributed by atoms with Crippen molar-refractivity contribution < 1.29 is 4.74 Å². The van der Waals surface area contributed by atoms with Crippen LogP contribution in [0.3, 0.4) is 0 Å². The van der Waals surface area contributed by atoms with Crippen molar-refractivity contribution in [1.29, 1.82) is 5.26 Å². The highest BCUT2D eigenvalue weighted by Gasteiger charge is 2.07. The second kappa shape index (κ2) is 5.93. The summed E-state index contributed by atoms with van der Waals surface area (Å²) in [5.74, 6) is 0.679. The van der Waals surface area contributed by atoms with Crippen molar-refractivity contribution in [3.8, 4) is 6.07 Å². The maximum absolute atomic E-state index is 8.69. The largest absolute Gasteiger partial charge is 0.396 e. The molecular formula is C11H16N4O. The molecular weight excluding hydrogens is 204 g/mol. The summed E-state index contributed by atoms with van der Waals surface area (Å²) in [4.78, 5) is 6.06. The number of rotatable bonds is 5. The van der Waals surface area contributed by atoms with Crippen molar-refractivity contribution >= 4 is 11.5 Å². The van der Waals surface area contributed by atoms with Gasteiger partial charge < -0.3 is 15.4 Å². The standard InChI is InChI=1S/C11H16N4O/c1-3-16-5-4-15(2)11-10(13)6-9(7-12)8-14-11/h6,8H,3-5,13H2,1-2H3. The Kier molecular flexibility index (Phi) is 4.55. The third kappa shape index (κ3) is 3.11. The minimum atomic E-state index is 0.472. The molecule has 86 valence electrons. The van der Waals surface area contributed by atoms with E-state index in [1.54, 1.807) is 6.07 Å². The van der Waals surface area contributed by atoms with Crippen molar-refractivity contribution in [3.63, 3.8) is 0 Å². The first kappa shape index (κ1) is 12.3. The van der Waals surface area contributed by atoms with Crippen LogP contribution in [0.5, 0.6) is 0 Å². The number of nitrogens with zero attached hydrogens (tertiary/aromatic N) is 3. The fraction of sp³-hybridized carbons (Fsp3) is 0.455. The van der Waals surface area contributed by atoms with Gasteiger partial charge in [0.15, 0.2) is 5.82 Å². The zero-order valence-corrected chi connectivity index (χ0v) is 9.60. The number of nitrogens with two attached hydrogens (primary N) is 1. The molecule has 2 N–H and O–H groups in total. The number of nitrogen functional groups attached to an aromatic ring is 1. The summed E-state index contributed by atoms with van der Waals surface area (Å²) in [5.41, 5.74) is 6.79. The van der Waals surface area contributed by atoms with E-state index >= 15 is 0 Å². The van der Waals surface area contributed by atoms with Gasteiger partial charge in [-0.1, -0.05) is 0 Å². The van der Waals surface area contributed by atoms with Gasteiger partial charge in [-0.15, -0.1) is 0 Å². The molecule has 0 fully saturated rings. The molecule has 0 aromatic carbocycles. The molecule has 0 aliphatic carbocycles. The van der Waals surface area contributed by atoms with E-state index in [2.05, 4.69) is 4.98 Å². The second-order valence-electron chi connectivity index (χ2n) is 3.37. The second-order valence-corrected chi connectivity index (χ2v) is 3.37. The zero-order chi connectivity index (χ0) is 12.0. The van der Waals surface area contributed by atoms with Gasteiger partial charge in [0.1, 0.15) is 6.07 Å². The summed E-state index contributed by atoms with van der Waals surface area (Å²) in [5, 5.41) is 8.69. The van der Waals surface area contributed by atoms with E-state index in [1.807, 2.05) is 24.9 Å². The van der Waals surface area contributed by atoms with Gasteiger partial charge in [0.25, 0.3) is 0 Å². The van der Waals surface area contributed by atoms with Crippen molar-refractivity contribution in [2.24, 2.45) is 0 Å². The lowest BCUT2D eigenvalue weighted by molar-refractivity contribution is 0.154. The molecule has 1 aromatic rings. The van der Waals surface area contributed by atoms with Gasteiger partial charge in [-0.25, -0.2) is 4.98 Å². The van der Waals surface area contributed by atoms with Gasteiger partial charge in [-0.2, -0.15) is 5.26 Å². The van der Waals surface area contributed by atoms with Crippen molar-refractivity contribution in [2.45, 2.75) is 6.92 Å². The molecule has 1 rings (SSSR count). The molecule has 5 heteroatoms. The summed E-state index contributed by atoms with van der Waals surface area (Å²) < 4.78 is 5.25. The van der Waals surface area contributed by atoms with Crippen LogP contribution >= 0.6 is 0 Å². The predicted octanol–water partition coefficient (Wildman–Crippen LogP) is 1.01. The summed E-state index contributed by atoms with van der Waals surface area (Å²) in [6, 6.07) is 3.63. The van der Waals surface area contributed by atoms with E-state index in [-0.39, 0.29) is 0 Å². The predicted molar refractivity (Wildman–Crippen MR) is 63.1 cm³/mol. The summed E-state index contributed by atoms with van der Waals surface area (Å²) >= 11 is 0. The number of aromatic nitrogens is 1. The maximum atomic E-state index is 8.69. The molecule has 0 aliphatic rings. The molecule has 0 bridgehead atoms. The Hall–Kier alpha value is -1.80. The van der Waals surface area contributed by atoms with Crippen molar-refractivity contribution in [2.75, 3.05) is 37.4 Å². The van der Waals surface area contributed by atoms with E-state index in [0.29, 0.717) is 30.3 Å². The maximum Gasteiger partial charge on any atom is 0.151 e. The van der Waals surface area contributed by atoms with Crippen LogP contribution in [0.4, 0.5) is 11.5 Å². The van der Waals surface area contributed by atoms with E-state index in [0.717, 1.165) is 6.54 Å². The number of hydrogen-bond acceptors (Lipinski definition) is 5. The van der Waals surface area contributed by atoms with Crippen molar-refractivity contribution in [1.82, 2.24) is 4.98 Å². The normalized spacial score (nSPS) is 9.81. The summed E-state index contributed by atoms with van der Waals surface area (Å²) in [6.45, 7) is 4.00. The van der Waals surface area contributed by atoms with Crippen molar-refractivity contribution in [3.05, 3.63) is 17.8 Å². The van der Waals surface area contributed by atoms with Crippen LogP contribution in [0, 0.1) is 11.3 Å². The van der Waals surface area contributed by atoms with Crippen LogP contribution in [0.1, 0.15) is 12.5 Å². The number of ether oxygens (including phenoxy) is 1. The van der Waals surface area contributed by atoms with Crippen LogP contribution in [0.15, 0.2) is 12.3 Å². The van der Waals surface area contributed by atoms with Gasteiger partial charge in [0.2, 0.25) is 0 Å². The molecule has 0 spiro atoms. The fourth-order valence-corrected chi connectivity index (χ4v) is 1.31. The lowest BCUT2D eigenvalue weighted by Crippen LogP contribution is -2.24. The Bertz CT molecular complexity index is 386. The quantitative estimate of drug-likeness (QED) is 0.749. The van der Waals surface area contributed by atoms with Crippen LogP contribution in [-0.4, -0.2) is 31.8 Å². The molecule has 16 heavy (non-hydrogen) atoms. The third-order valence-corrected chi connectivity index (χ3v) is 2.16. The summed E-state index contributed by atoms with van der Waals surface area (Å²) in [6.07, 6.45) is 1.52. The SMILES string of the molecule is CCOCCN(C)c1ncc(C#N)cc1N. The zero-order valence-electron chi connectivity index (χ0n) is 9.60. The molecule has 0 aliphatic heterocycles. The van der Waals surface area contributed by atoms with Gasteiger partial charge in [0.05, 0.1) is 17.9 Å². The molecule has 1 heterocycles. The van der Waals surface area contributed by atoms with E-state index in [9.17, 15) is 0 Å². The Labute approximate surface area is 95.4 Å². The minimum Gasteiger partial charge on any atom is -0.396 e. The molecule has 1 aromatic heterocycles. The third-order valence-electron chi connectivity index (χ3n) is 2.16. The molecule has 0 atom stereocenters. The number of pyridine rings is 1. The monoisotopic (exact) mass is 220 g/mol. The van der Waals surface area contributed by atoms with Crippen LogP contribution in [-0.2, 0) is 4.74 Å². The highest BCUT2D eigenvalue weighted by Crippen LogP contribution is 2.19. The number of nitriles is 1. The van der Waals surface area contributed by atoms with E-state index in [1.165, 1.54) is 6.20 Å². The van der Waals surface area contributed by atoms with Crippen LogP contribution in [0.25, 0.3) is 0 Å². The van der Waals surface area contributed by atoms with Crippen LogP contribution in [0.2, 0.25) is 0 Å². The number of likely N-dealkylation sites (N-methyl/N-ethyl adjacent to an activating group) is 1. The topological polar surface area (TPSA) is 75.2 Å². The Balaban J connectivity index is 2.69. The molecule has 0 saturated carbocycles. The van der Waals surface area contributed by atoms with E-state index in [4.69, 9.17) is 15.7 Å². The minimum absolute atomic E-state index is 0.472. The Morgan fingerprint density at radius 3 is 2.94 bits per heavy atom. The summed E-state index contributed by atoms with van der Waals surface area (Å²) in [7, 11) is 1.89. The molecule has 0 saturated heterocycles. The molecule has 0 unspecified atom stereocenters. The fourth-order valence-electron chi connectivity index (χ4n) is 1.31. The Morgan fingerprint density at radius 2 is 2.38 bits per heavy atom. The highest BCUT2D eigenvalue weighted by atomic mass is 16.5. The molecule has 0 radical (unpaired) electrons. The lowest BCUT2D eigenvalue weighted by Gasteiger charge is -2.19. The first-order chi connectivity index (χ1) is 7.69. The van der Waals surface area contributed by atoms with Gasteiger partial charge in [0, 0.05) is 26.4 Å². The van der Waals surface area contributed by atoms with Gasteiger partial charge in [-0.05, 0) is 13.0 Å². The first-order valence-electron chi connectivity index (χ1n) is 5.13. The van der Waals surface area contributed by atoms with Gasteiger partial charge >= 0.3 is 0 Å².